The first-order chi connectivity index (χ1) is 7.77. The molecule has 0 radical (unpaired) electrons. The maximum absolute atomic E-state index is 4.68. The van der Waals surface area contributed by atoms with Crippen molar-refractivity contribution in [2.45, 2.75) is 26.9 Å². The van der Waals surface area contributed by atoms with Crippen molar-refractivity contribution >= 4 is 0 Å². The summed E-state index contributed by atoms with van der Waals surface area (Å²) in [6.07, 6.45) is 0. The Morgan fingerprint density at radius 2 is 2.00 bits per heavy atom. The summed E-state index contributed by atoms with van der Waals surface area (Å²) in [5.74, 6) is 0. The second-order valence-corrected chi connectivity index (χ2v) is 4.31. The Kier molecular flexibility index (Phi) is 2.07. The molecule has 2 heterocycles. The minimum absolute atomic E-state index is 0.898. The summed E-state index contributed by atoms with van der Waals surface area (Å²) in [7, 11) is 0. The van der Waals surface area contributed by atoms with E-state index in [0.717, 1.165) is 13.1 Å². The molecule has 0 bridgehead atoms. The van der Waals surface area contributed by atoms with Crippen LogP contribution in [0.5, 0.6) is 0 Å². The molecule has 0 unspecified atom stereocenters. The Hall–Kier alpha value is -1.61. The summed E-state index contributed by atoms with van der Waals surface area (Å²) in [5, 5.41) is 8.00. The first-order valence-electron chi connectivity index (χ1n) is 5.61. The Morgan fingerprint density at radius 3 is 2.75 bits per heavy atom. The van der Waals surface area contributed by atoms with E-state index in [9.17, 15) is 0 Å². The fourth-order valence-electron chi connectivity index (χ4n) is 2.31. The zero-order valence-corrected chi connectivity index (χ0v) is 9.62. The number of aryl methyl sites for hydroxylation is 1. The third-order valence-corrected chi connectivity index (χ3v) is 3.26. The van der Waals surface area contributed by atoms with Crippen LogP contribution in [0.25, 0.3) is 5.69 Å². The number of hydrogen-bond acceptors (Lipinski definition) is 2. The highest BCUT2D eigenvalue weighted by atomic mass is 15.3. The van der Waals surface area contributed by atoms with Crippen molar-refractivity contribution in [3.63, 3.8) is 0 Å². The molecule has 3 nitrogen and oxygen atoms in total. The van der Waals surface area contributed by atoms with Crippen LogP contribution >= 0.6 is 0 Å². The van der Waals surface area contributed by atoms with Crippen molar-refractivity contribution in [2.75, 3.05) is 0 Å². The van der Waals surface area contributed by atoms with E-state index in [1.54, 1.807) is 0 Å². The van der Waals surface area contributed by atoms with Crippen LogP contribution in [0.1, 0.15) is 22.5 Å². The zero-order chi connectivity index (χ0) is 11.1. The summed E-state index contributed by atoms with van der Waals surface area (Å²) in [4.78, 5) is 0. The lowest BCUT2D eigenvalue weighted by Crippen LogP contribution is -2.08. The first kappa shape index (κ1) is 9.60. The van der Waals surface area contributed by atoms with Gasteiger partial charge in [0, 0.05) is 24.3 Å². The van der Waals surface area contributed by atoms with Gasteiger partial charge in [-0.2, -0.15) is 5.10 Å². The van der Waals surface area contributed by atoms with E-state index in [-0.39, 0.29) is 0 Å². The molecule has 0 spiro atoms. The minimum Gasteiger partial charge on any atom is -0.307 e. The van der Waals surface area contributed by atoms with Gasteiger partial charge >= 0.3 is 0 Å². The number of para-hydroxylation sites is 1. The molecule has 0 saturated heterocycles. The molecule has 0 atom stereocenters. The van der Waals surface area contributed by atoms with Crippen molar-refractivity contribution in [3.8, 4) is 5.69 Å². The average molecular weight is 213 g/mol. The van der Waals surface area contributed by atoms with E-state index in [2.05, 4.69) is 53.2 Å². The molecule has 0 amide bonds. The molecule has 1 aliphatic heterocycles. The van der Waals surface area contributed by atoms with Crippen LogP contribution in [0.4, 0.5) is 0 Å². The third kappa shape index (κ3) is 1.28. The van der Waals surface area contributed by atoms with Gasteiger partial charge < -0.3 is 5.32 Å². The van der Waals surface area contributed by atoms with Crippen LogP contribution in [0.3, 0.4) is 0 Å². The maximum atomic E-state index is 4.68. The number of aromatic nitrogens is 2. The SMILES string of the molecule is Cc1ccccc1-n1nc2c(c1C)CNC2. The van der Waals surface area contributed by atoms with Gasteiger partial charge in [-0.25, -0.2) is 4.68 Å². The molecular weight excluding hydrogens is 198 g/mol. The first-order valence-corrected chi connectivity index (χ1v) is 5.61. The predicted molar refractivity (Wildman–Crippen MR) is 63.6 cm³/mol. The van der Waals surface area contributed by atoms with Crippen molar-refractivity contribution in [1.29, 1.82) is 0 Å². The summed E-state index contributed by atoms with van der Waals surface area (Å²) >= 11 is 0. The topological polar surface area (TPSA) is 29.9 Å². The van der Waals surface area contributed by atoms with Gasteiger partial charge in [0.1, 0.15) is 0 Å². The van der Waals surface area contributed by atoms with Crippen molar-refractivity contribution in [2.24, 2.45) is 0 Å². The van der Waals surface area contributed by atoms with E-state index >= 15 is 0 Å². The van der Waals surface area contributed by atoms with Gasteiger partial charge in [0.25, 0.3) is 0 Å². The predicted octanol–water partition coefficient (Wildman–Crippen LogP) is 2.09. The van der Waals surface area contributed by atoms with Gasteiger partial charge in [-0.1, -0.05) is 18.2 Å². The zero-order valence-electron chi connectivity index (χ0n) is 9.62. The van der Waals surface area contributed by atoms with Crippen LogP contribution in [-0.4, -0.2) is 9.78 Å². The standard InChI is InChI=1S/C13H15N3/c1-9-5-3-4-6-13(9)16-10(2)11-7-14-8-12(11)15-16/h3-6,14H,7-8H2,1-2H3. The molecule has 1 aromatic heterocycles. The normalized spacial score (nSPS) is 14.1. The molecule has 1 aliphatic rings. The lowest BCUT2D eigenvalue weighted by atomic mass is 10.2. The maximum Gasteiger partial charge on any atom is 0.0814 e. The Labute approximate surface area is 95.1 Å². The second kappa shape index (κ2) is 3.46. The fraction of sp³-hybridized carbons (Fsp3) is 0.308. The van der Waals surface area contributed by atoms with E-state index in [0.29, 0.717) is 0 Å². The molecule has 1 N–H and O–H groups in total. The van der Waals surface area contributed by atoms with Gasteiger partial charge in [0.05, 0.1) is 11.4 Å². The number of hydrogen-bond donors (Lipinski definition) is 1. The Bertz CT molecular complexity index is 540. The van der Waals surface area contributed by atoms with E-state index in [1.165, 1.54) is 28.2 Å². The number of nitrogens with zero attached hydrogens (tertiary/aromatic N) is 2. The van der Waals surface area contributed by atoms with Gasteiger partial charge in [-0.15, -0.1) is 0 Å². The number of fused-ring (bicyclic) bond motifs is 1. The highest BCUT2D eigenvalue weighted by Gasteiger charge is 2.19. The van der Waals surface area contributed by atoms with Crippen molar-refractivity contribution in [3.05, 3.63) is 46.8 Å². The summed E-state index contributed by atoms with van der Waals surface area (Å²) < 4.78 is 2.07. The molecule has 3 rings (SSSR count). The molecule has 16 heavy (non-hydrogen) atoms. The van der Waals surface area contributed by atoms with Gasteiger partial charge in [-0.05, 0) is 25.5 Å². The lowest BCUT2D eigenvalue weighted by Gasteiger charge is -2.08. The summed E-state index contributed by atoms with van der Waals surface area (Å²) in [5.41, 5.74) is 6.27. The largest absolute Gasteiger partial charge is 0.307 e. The number of nitrogens with one attached hydrogen (secondary N) is 1. The van der Waals surface area contributed by atoms with Gasteiger partial charge in [0.2, 0.25) is 0 Å². The molecule has 1 aromatic carbocycles. The molecule has 2 aromatic rings. The van der Waals surface area contributed by atoms with Gasteiger partial charge in [-0.3, -0.25) is 0 Å². The Morgan fingerprint density at radius 1 is 1.19 bits per heavy atom. The molecule has 82 valence electrons. The fourth-order valence-corrected chi connectivity index (χ4v) is 2.31. The third-order valence-electron chi connectivity index (χ3n) is 3.26. The van der Waals surface area contributed by atoms with E-state index in [1.807, 2.05) is 0 Å². The number of rotatable bonds is 1. The van der Waals surface area contributed by atoms with Crippen LogP contribution in [-0.2, 0) is 13.1 Å². The molecule has 0 fully saturated rings. The quantitative estimate of drug-likeness (QED) is 0.786. The smallest absolute Gasteiger partial charge is 0.0814 e. The highest BCUT2D eigenvalue weighted by molar-refractivity contribution is 5.43. The van der Waals surface area contributed by atoms with Crippen LogP contribution in [0, 0.1) is 13.8 Å². The molecule has 3 heteroatoms. The second-order valence-electron chi connectivity index (χ2n) is 4.31. The molecule has 0 aliphatic carbocycles. The Balaban J connectivity index is 2.18. The van der Waals surface area contributed by atoms with Crippen molar-refractivity contribution < 1.29 is 0 Å². The lowest BCUT2D eigenvalue weighted by molar-refractivity contribution is 0.709. The molecule has 0 saturated carbocycles. The summed E-state index contributed by atoms with van der Waals surface area (Å²) in [6.45, 7) is 6.12. The number of benzene rings is 1. The summed E-state index contributed by atoms with van der Waals surface area (Å²) in [6, 6.07) is 8.37. The monoisotopic (exact) mass is 213 g/mol. The average Bonchev–Trinajstić information content (AvgIpc) is 2.83. The van der Waals surface area contributed by atoms with Crippen LogP contribution in [0.15, 0.2) is 24.3 Å². The minimum atomic E-state index is 0.898. The highest BCUT2D eigenvalue weighted by Crippen LogP contribution is 2.23. The van der Waals surface area contributed by atoms with Crippen LogP contribution in [0.2, 0.25) is 0 Å². The molecular formula is C13H15N3. The van der Waals surface area contributed by atoms with E-state index < -0.39 is 0 Å². The van der Waals surface area contributed by atoms with E-state index in [4.69, 9.17) is 0 Å². The van der Waals surface area contributed by atoms with Gasteiger partial charge in [0.15, 0.2) is 0 Å². The van der Waals surface area contributed by atoms with Crippen molar-refractivity contribution in [1.82, 2.24) is 15.1 Å². The van der Waals surface area contributed by atoms with Crippen LogP contribution < -0.4 is 5.32 Å².